The summed E-state index contributed by atoms with van der Waals surface area (Å²) >= 11 is 0. The largest absolute Gasteiger partial charge is 0.481 e. The van der Waals surface area contributed by atoms with Crippen molar-refractivity contribution in [1.29, 1.82) is 0 Å². The summed E-state index contributed by atoms with van der Waals surface area (Å²) in [5.74, 6) is -1.14. The Bertz CT molecular complexity index is 267. The average molecular weight is 192 g/mol. The van der Waals surface area contributed by atoms with Crippen LogP contribution in [0.15, 0.2) is 0 Å². The molecule has 1 saturated heterocycles. The van der Waals surface area contributed by atoms with Crippen LogP contribution in [0.3, 0.4) is 0 Å². The molecule has 1 atom stereocenters. The third-order valence-electron chi connectivity index (χ3n) is 2.13. The van der Waals surface area contributed by atoms with Gasteiger partial charge in [0.2, 0.25) is 0 Å². The van der Waals surface area contributed by atoms with E-state index in [9.17, 15) is 13.2 Å². The van der Waals surface area contributed by atoms with Gasteiger partial charge in [-0.1, -0.05) is 0 Å². The van der Waals surface area contributed by atoms with Crippen molar-refractivity contribution in [3.8, 4) is 0 Å². The van der Waals surface area contributed by atoms with E-state index in [-0.39, 0.29) is 17.9 Å². The molecule has 1 aliphatic rings. The standard InChI is InChI=1S/C7H12O4S/c8-7(9)6-2-1-4-12(10,11)5-3-6/h6H,1-5H2,(H,8,9). The molecule has 1 unspecified atom stereocenters. The zero-order valence-corrected chi connectivity index (χ0v) is 7.51. The molecule has 70 valence electrons. The van der Waals surface area contributed by atoms with Crippen molar-refractivity contribution >= 4 is 15.8 Å². The van der Waals surface area contributed by atoms with Crippen LogP contribution in [0.25, 0.3) is 0 Å². The number of carboxylic acid groups (broad SMARTS) is 1. The van der Waals surface area contributed by atoms with E-state index < -0.39 is 21.7 Å². The Morgan fingerprint density at radius 3 is 2.50 bits per heavy atom. The minimum atomic E-state index is -2.95. The van der Waals surface area contributed by atoms with Crippen molar-refractivity contribution in [3.05, 3.63) is 0 Å². The van der Waals surface area contributed by atoms with E-state index >= 15 is 0 Å². The first-order valence-corrected chi connectivity index (χ1v) is 5.76. The van der Waals surface area contributed by atoms with Crippen LogP contribution in [-0.2, 0) is 14.6 Å². The number of hydrogen-bond acceptors (Lipinski definition) is 3. The number of hydrogen-bond donors (Lipinski definition) is 1. The van der Waals surface area contributed by atoms with Crippen molar-refractivity contribution in [2.24, 2.45) is 5.92 Å². The molecule has 5 heteroatoms. The first kappa shape index (κ1) is 9.51. The summed E-state index contributed by atoms with van der Waals surface area (Å²) in [6.07, 6.45) is 1.26. The first-order valence-electron chi connectivity index (χ1n) is 3.94. The SMILES string of the molecule is O=C(O)C1CCCS(=O)(=O)CC1. The average Bonchev–Trinajstić information content (AvgIpc) is 2.10. The molecule has 1 rings (SSSR count). The second-order valence-electron chi connectivity index (χ2n) is 3.12. The summed E-state index contributed by atoms with van der Waals surface area (Å²) in [5.41, 5.74) is 0. The minimum Gasteiger partial charge on any atom is -0.481 e. The zero-order chi connectivity index (χ0) is 9.19. The van der Waals surface area contributed by atoms with Gasteiger partial charge in [-0.05, 0) is 19.3 Å². The number of rotatable bonds is 1. The van der Waals surface area contributed by atoms with E-state index in [0.717, 1.165) is 0 Å². The van der Waals surface area contributed by atoms with Gasteiger partial charge < -0.3 is 5.11 Å². The van der Waals surface area contributed by atoms with Crippen LogP contribution in [0, 0.1) is 5.92 Å². The van der Waals surface area contributed by atoms with Crippen molar-refractivity contribution in [1.82, 2.24) is 0 Å². The van der Waals surface area contributed by atoms with E-state index in [4.69, 9.17) is 5.11 Å². The van der Waals surface area contributed by atoms with E-state index in [1.807, 2.05) is 0 Å². The maximum Gasteiger partial charge on any atom is 0.306 e. The molecule has 0 radical (unpaired) electrons. The van der Waals surface area contributed by atoms with Gasteiger partial charge in [-0.15, -0.1) is 0 Å². The molecule has 1 N–H and O–H groups in total. The Labute approximate surface area is 71.5 Å². The molecule has 1 heterocycles. The highest BCUT2D eigenvalue weighted by Gasteiger charge is 2.25. The third kappa shape index (κ3) is 2.48. The molecular formula is C7H12O4S. The normalized spacial score (nSPS) is 29.2. The maximum atomic E-state index is 11.0. The van der Waals surface area contributed by atoms with Gasteiger partial charge >= 0.3 is 5.97 Å². The summed E-state index contributed by atoms with van der Waals surface area (Å²) in [5, 5.41) is 8.64. The molecule has 0 aromatic carbocycles. The van der Waals surface area contributed by atoms with Crippen molar-refractivity contribution in [3.63, 3.8) is 0 Å². The van der Waals surface area contributed by atoms with E-state index in [1.54, 1.807) is 0 Å². The van der Waals surface area contributed by atoms with E-state index in [0.29, 0.717) is 12.8 Å². The molecule has 0 aromatic heterocycles. The van der Waals surface area contributed by atoms with Gasteiger partial charge in [0.1, 0.15) is 9.84 Å². The molecule has 0 saturated carbocycles. The fourth-order valence-corrected chi connectivity index (χ4v) is 2.82. The molecule has 1 aliphatic heterocycles. The molecule has 0 aromatic rings. The maximum absolute atomic E-state index is 11.0. The van der Waals surface area contributed by atoms with Crippen LogP contribution in [0.1, 0.15) is 19.3 Å². The van der Waals surface area contributed by atoms with Crippen molar-refractivity contribution < 1.29 is 18.3 Å². The highest BCUT2D eigenvalue weighted by molar-refractivity contribution is 7.91. The van der Waals surface area contributed by atoms with Gasteiger partial charge in [-0.2, -0.15) is 0 Å². The molecule has 12 heavy (non-hydrogen) atoms. The molecular weight excluding hydrogens is 180 g/mol. The fraction of sp³-hybridized carbons (Fsp3) is 0.857. The van der Waals surface area contributed by atoms with Crippen molar-refractivity contribution in [2.75, 3.05) is 11.5 Å². The number of aliphatic carboxylic acids is 1. The quantitative estimate of drug-likeness (QED) is 0.648. The van der Waals surface area contributed by atoms with Crippen LogP contribution in [0.2, 0.25) is 0 Å². The van der Waals surface area contributed by atoms with Gasteiger partial charge in [0.15, 0.2) is 0 Å². The summed E-state index contributed by atoms with van der Waals surface area (Å²) in [4.78, 5) is 10.5. The highest BCUT2D eigenvalue weighted by Crippen LogP contribution is 2.18. The predicted octanol–water partition coefficient (Wildman–Crippen LogP) is 0.286. The summed E-state index contributed by atoms with van der Waals surface area (Å²) in [6.45, 7) is 0. The van der Waals surface area contributed by atoms with Gasteiger partial charge in [-0.3, -0.25) is 4.79 Å². The third-order valence-corrected chi connectivity index (χ3v) is 3.90. The second kappa shape index (κ2) is 3.43. The summed E-state index contributed by atoms with van der Waals surface area (Å²) in [6, 6.07) is 0. The number of carboxylic acids is 1. The predicted molar refractivity (Wildman–Crippen MR) is 43.6 cm³/mol. The molecule has 1 fully saturated rings. The second-order valence-corrected chi connectivity index (χ2v) is 5.42. The molecule has 4 nitrogen and oxygen atoms in total. The lowest BCUT2D eigenvalue weighted by Gasteiger charge is -2.04. The zero-order valence-electron chi connectivity index (χ0n) is 6.69. The lowest BCUT2D eigenvalue weighted by atomic mass is 10.0. The molecule has 0 amide bonds. The monoisotopic (exact) mass is 192 g/mol. The Morgan fingerprint density at radius 1 is 1.25 bits per heavy atom. The van der Waals surface area contributed by atoms with Crippen molar-refractivity contribution in [2.45, 2.75) is 19.3 Å². The van der Waals surface area contributed by atoms with Crippen LogP contribution < -0.4 is 0 Å². The van der Waals surface area contributed by atoms with Gasteiger partial charge in [-0.25, -0.2) is 8.42 Å². The van der Waals surface area contributed by atoms with Gasteiger partial charge in [0, 0.05) is 0 Å². The lowest BCUT2D eigenvalue weighted by Crippen LogP contribution is -2.14. The van der Waals surface area contributed by atoms with Crippen LogP contribution in [-0.4, -0.2) is 31.0 Å². The van der Waals surface area contributed by atoms with Crippen LogP contribution >= 0.6 is 0 Å². The topological polar surface area (TPSA) is 71.4 Å². The summed E-state index contributed by atoms with van der Waals surface area (Å²) < 4.78 is 22.1. The van der Waals surface area contributed by atoms with E-state index in [2.05, 4.69) is 0 Å². The number of carbonyl (C=O) groups is 1. The van der Waals surface area contributed by atoms with Gasteiger partial charge in [0.05, 0.1) is 17.4 Å². The Kier molecular flexibility index (Phi) is 2.72. The van der Waals surface area contributed by atoms with Crippen LogP contribution in [0.5, 0.6) is 0 Å². The Hall–Kier alpha value is -0.580. The number of sulfone groups is 1. The van der Waals surface area contributed by atoms with E-state index in [1.165, 1.54) is 0 Å². The Balaban J connectivity index is 2.62. The minimum absolute atomic E-state index is 0.0317. The molecule has 0 bridgehead atoms. The molecule has 0 aliphatic carbocycles. The lowest BCUT2D eigenvalue weighted by molar-refractivity contribution is -0.142. The molecule has 0 spiro atoms. The van der Waals surface area contributed by atoms with Crippen LogP contribution in [0.4, 0.5) is 0 Å². The summed E-state index contributed by atoms with van der Waals surface area (Å²) in [7, 11) is -2.95. The Morgan fingerprint density at radius 2 is 1.92 bits per heavy atom. The fourth-order valence-electron chi connectivity index (χ4n) is 1.36. The van der Waals surface area contributed by atoms with Gasteiger partial charge in [0.25, 0.3) is 0 Å². The first-order chi connectivity index (χ1) is 5.51. The highest BCUT2D eigenvalue weighted by atomic mass is 32.2. The smallest absolute Gasteiger partial charge is 0.306 e.